The van der Waals surface area contributed by atoms with Crippen LogP contribution < -0.4 is 26.7 Å². The van der Waals surface area contributed by atoms with Gasteiger partial charge >= 0.3 is 11.6 Å². The average molecular weight is 516 g/mol. The standard InChI is InChI=1S/C27H37N3O7/c1-4-5-6-7-8-9-24(32)30-21(16-23(28)31)27(35)29-18(3)10-13-25(33)36-19-11-12-20-17(2)14-26(34)37-22(20)15-19/h11-12,14-15,18,21H,4-10,13,16H2,1-3H3,(H2,28,31)(H,29,35)(H,30,32)/t18-,21+/m0/s1. The quantitative estimate of drug-likeness (QED) is 0.142. The molecule has 202 valence electrons. The smallest absolute Gasteiger partial charge is 0.336 e. The van der Waals surface area contributed by atoms with Crippen molar-refractivity contribution in [3.05, 3.63) is 40.2 Å². The summed E-state index contributed by atoms with van der Waals surface area (Å²) in [5, 5.41) is 6.04. The SMILES string of the molecule is CCCCCCCC(=O)N[C@H](CC(N)=O)C(=O)N[C@@H](C)CCC(=O)Oc1ccc2c(C)cc(=O)oc2c1. The van der Waals surface area contributed by atoms with Crippen molar-refractivity contribution in [2.45, 2.75) is 90.6 Å². The van der Waals surface area contributed by atoms with Crippen LogP contribution >= 0.6 is 0 Å². The van der Waals surface area contributed by atoms with Crippen molar-refractivity contribution >= 4 is 34.7 Å². The predicted molar refractivity (Wildman–Crippen MR) is 139 cm³/mol. The number of benzene rings is 1. The summed E-state index contributed by atoms with van der Waals surface area (Å²) >= 11 is 0. The van der Waals surface area contributed by atoms with Crippen molar-refractivity contribution in [3.8, 4) is 5.75 Å². The Hall–Kier alpha value is -3.69. The molecule has 0 radical (unpaired) electrons. The van der Waals surface area contributed by atoms with Gasteiger partial charge in [0.2, 0.25) is 17.7 Å². The van der Waals surface area contributed by atoms with E-state index in [0.29, 0.717) is 12.0 Å². The van der Waals surface area contributed by atoms with Crippen molar-refractivity contribution in [2.24, 2.45) is 5.73 Å². The summed E-state index contributed by atoms with van der Waals surface area (Å²) in [5.74, 6) is -1.85. The maximum Gasteiger partial charge on any atom is 0.336 e. The number of rotatable bonds is 15. The molecule has 0 bridgehead atoms. The molecular weight excluding hydrogens is 478 g/mol. The highest BCUT2D eigenvalue weighted by atomic mass is 16.5. The number of amides is 3. The fourth-order valence-corrected chi connectivity index (χ4v) is 3.87. The second kappa shape index (κ2) is 14.8. The zero-order valence-corrected chi connectivity index (χ0v) is 21.8. The molecule has 10 heteroatoms. The van der Waals surface area contributed by atoms with E-state index in [2.05, 4.69) is 17.6 Å². The minimum absolute atomic E-state index is 0.00184. The molecule has 1 aromatic heterocycles. The Morgan fingerprint density at radius 1 is 1.03 bits per heavy atom. The van der Waals surface area contributed by atoms with Crippen molar-refractivity contribution in [2.75, 3.05) is 0 Å². The van der Waals surface area contributed by atoms with E-state index in [-0.39, 0.29) is 37.3 Å². The Morgan fingerprint density at radius 3 is 2.46 bits per heavy atom. The number of nitrogens with one attached hydrogen (secondary N) is 2. The van der Waals surface area contributed by atoms with Gasteiger partial charge in [-0.2, -0.15) is 0 Å². The van der Waals surface area contributed by atoms with E-state index in [4.69, 9.17) is 14.9 Å². The van der Waals surface area contributed by atoms with Gasteiger partial charge in [-0.25, -0.2) is 4.79 Å². The molecule has 2 rings (SSSR count). The highest BCUT2D eigenvalue weighted by Crippen LogP contribution is 2.22. The molecule has 10 nitrogen and oxygen atoms in total. The number of unbranched alkanes of at least 4 members (excludes halogenated alkanes) is 4. The Morgan fingerprint density at radius 2 is 1.76 bits per heavy atom. The number of hydrogen-bond acceptors (Lipinski definition) is 7. The lowest BCUT2D eigenvalue weighted by molar-refractivity contribution is -0.135. The molecule has 0 saturated carbocycles. The van der Waals surface area contributed by atoms with Gasteiger partial charge < -0.3 is 25.5 Å². The summed E-state index contributed by atoms with van der Waals surface area (Å²) < 4.78 is 10.5. The van der Waals surface area contributed by atoms with Gasteiger partial charge in [-0.15, -0.1) is 0 Å². The molecule has 37 heavy (non-hydrogen) atoms. The second-order valence-corrected chi connectivity index (χ2v) is 9.28. The molecule has 2 atom stereocenters. The summed E-state index contributed by atoms with van der Waals surface area (Å²) in [7, 11) is 0. The predicted octanol–water partition coefficient (Wildman–Crippen LogP) is 3.01. The Kier molecular flexibility index (Phi) is 11.8. The molecule has 4 N–H and O–H groups in total. The van der Waals surface area contributed by atoms with E-state index >= 15 is 0 Å². The lowest BCUT2D eigenvalue weighted by atomic mass is 10.1. The maximum atomic E-state index is 12.7. The maximum absolute atomic E-state index is 12.7. The van der Waals surface area contributed by atoms with E-state index in [9.17, 15) is 24.0 Å². The third-order valence-electron chi connectivity index (χ3n) is 5.89. The number of carbonyl (C=O) groups excluding carboxylic acids is 4. The zero-order chi connectivity index (χ0) is 27.4. The largest absolute Gasteiger partial charge is 0.426 e. The van der Waals surface area contributed by atoms with Gasteiger partial charge in [0, 0.05) is 36.4 Å². The first kappa shape index (κ1) is 29.5. The molecule has 0 spiro atoms. The zero-order valence-electron chi connectivity index (χ0n) is 21.8. The number of primary amides is 1. The molecule has 0 saturated heterocycles. The van der Waals surface area contributed by atoms with Gasteiger partial charge in [0.25, 0.3) is 0 Å². The Bertz CT molecular complexity index is 1160. The number of esters is 1. The van der Waals surface area contributed by atoms with Gasteiger partial charge in [-0.05, 0) is 44.4 Å². The molecule has 0 unspecified atom stereocenters. The molecule has 0 aliphatic heterocycles. The normalized spacial score (nSPS) is 12.5. The van der Waals surface area contributed by atoms with Gasteiger partial charge in [0.1, 0.15) is 17.4 Å². The molecule has 2 aromatic rings. The number of nitrogens with two attached hydrogens (primary N) is 1. The molecule has 0 aliphatic carbocycles. The number of fused-ring (bicyclic) bond motifs is 1. The van der Waals surface area contributed by atoms with E-state index in [1.165, 1.54) is 12.1 Å². The lowest BCUT2D eigenvalue weighted by Gasteiger charge is -2.20. The lowest BCUT2D eigenvalue weighted by Crippen LogP contribution is -2.50. The van der Waals surface area contributed by atoms with Crippen molar-refractivity contribution in [1.82, 2.24) is 10.6 Å². The summed E-state index contributed by atoms with van der Waals surface area (Å²) in [4.78, 5) is 60.2. The van der Waals surface area contributed by atoms with Crippen molar-refractivity contribution < 1.29 is 28.3 Å². The molecule has 1 heterocycles. The highest BCUT2D eigenvalue weighted by Gasteiger charge is 2.24. The van der Waals surface area contributed by atoms with Crippen LogP contribution in [0, 0.1) is 6.92 Å². The summed E-state index contributed by atoms with van der Waals surface area (Å²) in [6, 6.07) is 4.67. The second-order valence-electron chi connectivity index (χ2n) is 9.28. The van der Waals surface area contributed by atoms with Crippen LogP contribution in [-0.2, 0) is 19.2 Å². The number of ether oxygens (including phenoxy) is 1. The third-order valence-corrected chi connectivity index (χ3v) is 5.89. The molecule has 0 fully saturated rings. The number of hydrogen-bond donors (Lipinski definition) is 3. The minimum Gasteiger partial charge on any atom is -0.426 e. The fourth-order valence-electron chi connectivity index (χ4n) is 3.87. The number of aryl methyl sites for hydroxylation is 1. The topological polar surface area (TPSA) is 158 Å². The van der Waals surface area contributed by atoms with Gasteiger partial charge in [0.15, 0.2) is 0 Å². The van der Waals surface area contributed by atoms with E-state index < -0.39 is 35.5 Å². The van der Waals surface area contributed by atoms with E-state index in [1.807, 2.05) is 0 Å². The van der Waals surface area contributed by atoms with Crippen LogP contribution in [0.1, 0.15) is 77.2 Å². The molecule has 3 amide bonds. The van der Waals surface area contributed by atoms with Gasteiger partial charge in [-0.1, -0.05) is 32.6 Å². The van der Waals surface area contributed by atoms with E-state index in [0.717, 1.165) is 36.6 Å². The monoisotopic (exact) mass is 515 g/mol. The molecule has 1 aromatic carbocycles. The minimum atomic E-state index is -1.08. The average Bonchev–Trinajstić information content (AvgIpc) is 2.81. The Labute approximate surface area is 216 Å². The Balaban J connectivity index is 1.84. The van der Waals surface area contributed by atoms with E-state index in [1.54, 1.807) is 26.0 Å². The van der Waals surface area contributed by atoms with Crippen LogP contribution in [0.3, 0.4) is 0 Å². The first-order chi connectivity index (χ1) is 17.6. The first-order valence-electron chi connectivity index (χ1n) is 12.7. The van der Waals surface area contributed by atoms with Gasteiger partial charge in [-0.3, -0.25) is 19.2 Å². The molecular formula is C27H37N3O7. The van der Waals surface area contributed by atoms with Crippen LogP contribution in [0.4, 0.5) is 0 Å². The number of carbonyl (C=O) groups is 4. The molecule has 0 aliphatic rings. The third kappa shape index (κ3) is 10.4. The summed E-state index contributed by atoms with van der Waals surface area (Å²) in [6.07, 6.45) is 5.11. The van der Waals surface area contributed by atoms with Crippen LogP contribution in [0.2, 0.25) is 0 Å². The van der Waals surface area contributed by atoms with Crippen LogP contribution in [0.15, 0.2) is 33.5 Å². The fraction of sp³-hybridized carbons (Fsp3) is 0.519. The van der Waals surface area contributed by atoms with Gasteiger partial charge in [0.05, 0.1) is 6.42 Å². The summed E-state index contributed by atoms with van der Waals surface area (Å²) in [5.41, 5.74) is 5.85. The highest BCUT2D eigenvalue weighted by molar-refractivity contribution is 5.91. The van der Waals surface area contributed by atoms with Crippen LogP contribution in [-0.4, -0.2) is 35.8 Å². The van der Waals surface area contributed by atoms with Crippen molar-refractivity contribution in [1.29, 1.82) is 0 Å². The first-order valence-corrected chi connectivity index (χ1v) is 12.7. The van der Waals surface area contributed by atoms with Crippen molar-refractivity contribution in [3.63, 3.8) is 0 Å². The summed E-state index contributed by atoms with van der Waals surface area (Å²) in [6.45, 7) is 5.60. The van der Waals surface area contributed by atoms with Crippen LogP contribution in [0.5, 0.6) is 5.75 Å². The van der Waals surface area contributed by atoms with Crippen LogP contribution in [0.25, 0.3) is 11.0 Å².